The number of allylic oxidation sites excluding steroid dienone is 10. The van der Waals surface area contributed by atoms with Crippen LogP contribution in [0.1, 0.15) is 37.0 Å². The number of rotatable bonds is 29. The molecule has 0 saturated heterocycles. The highest BCUT2D eigenvalue weighted by Gasteiger charge is 2.21. The lowest BCUT2D eigenvalue weighted by Crippen LogP contribution is -2.21. The number of hydrogen-bond acceptors (Lipinski definition) is 10. The summed E-state index contributed by atoms with van der Waals surface area (Å²) in [6.45, 7) is 13.7. The first kappa shape index (κ1) is 66.5. The summed E-state index contributed by atoms with van der Waals surface area (Å²) in [7, 11) is 10.1. The van der Waals surface area contributed by atoms with Gasteiger partial charge in [-0.15, -0.1) is 0 Å². The molecule has 0 fully saturated rings. The van der Waals surface area contributed by atoms with Crippen LogP contribution in [-0.4, -0.2) is 55.8 Å². The van der Waals surface area contributed by atoms with Crippen molar-refractivity contribution in [3.05, 3.63) is 314 Å². The molecule has 9 aromatic carbocycles. The quantitative estimate of drug-likeness (QED) is 0.0334. The zero-order valence-electron chi connectivity index (χ0n) is 55.1. The SMILES string of the molecule is C=C/C=C(\C=C/CN(C(/C=C\C)=C/C=C/OC)c1ccc(OC)cc1)c1ccc(N(c2ccc(OC)cc2)c2ccc(-c3ccc(N(c4ccc(OC)cc4)c4ccc(-c5ccc(N(C(/C=C\COC)=C/CC)c6ccc(OC)cc6)cc5)cc4)c(C)c3)cc2C)cc1. The zero-order chi connectivity index (χ0) is 65.5. The number of benzene rings is 9. The minimum Gasteiger partial charge on any atom is -0.504 e. The minimum atomic E-state index is 0.519. The summed E-state index contributed by atoms with van der Waals surface area (Å²) in [5.41, 5.74) is 20.1. The number of aryl methyl sites for hydroxylation is 2. The van der Waals surface area contributed by atoms with E-state index < -0.39 is 0 Å². The van der Waals surface area contributed by atoms with E-state index in [0.29, 0.717) is 13.2 Å². The lowest BCUT2D eigenvalue weighted by Gasteiger charge is -2.28. The molecular weight excluding hydrogens is 1150 g/mol. The molecule has 10 nitrogen and oxygen atoms in total. The Morgan fingerprint density at radius 1 is 0.441 bits per heavy atom. The largest absolute Gasteiger partial charge is 0.504 e. The van der Waals surface area contributed by atoms with Crippen LogP contribution in [-0.2, 0) is 9.47 Å². The third-order valence-corrected chi connectivity index (χ3v) is 15.9. The number of anilines is 9. The highest BCUT2D eigenvalue weighted by molar-refractivity contribution is 5.86. The van der Waals surface area contributed by atoms with Gasteiger partial charge in [-0.25, -0.2) is 0 Å². The molecule has 0 aliphatic carbocycles. The second-order valence-corrected chi connectivity index (χ2v) is 21.9. The van der Waals surface area contributed by atoms with Crippen molar-refractivity contribution in [1.29, 1.82) is 0 Å². The van der Waals surface area contributed by atoms with Crippen LogP contribution in [0.25, 0.3) is 27.8 Å². The van der Waals surface area contributed by atoms with Crippen LogP contribution in [0, 0.1) is 13.8 Å². The van der Waals surface area contributed by atoms with E-state index in [1.165, 1.54) is 0 Å². The van der Waals surface area contributed by atoms with Gasteiger partial charge in [-0.1, -0.05) is 105 Å². The van der Waals surface area contributed by atoms with Gasteiger partial charge in [-0.2, -0.15) is 0 Å². The Bertz CT molecular complexity index is 4110. The number of methoxy groups -OCH3 is 6. The molecule has 0 radical (unpaired) electrons. The molecule has 0 spiro atoms. The Balaban J connectivity index is 0.991. The summed E-state index contributed by atoms with van der Waals surface area (Å²) in [5, 5.41) is 0. The van der Waals surface area contributed by atoms with Gasteiger partial charge >= 0.3 is 0 Å². The standard InChI is InChI=1S/C83H84N4O6/c1-12-18-63(21-15-56-84(69(19-13-2)22-16-57-88-6)70-38-46-78(90-8)47-39-70)64-26-34-74(35-27-64)86(76-42-50-80(92-10)51-43-76)82-54-30-67(59-61(82)4)68-31-55-83(62(5)60-68)87(77-44-52-81(93-11)53-45-77)75-36-28-66(29-37-75)65-24-32-72(33-25-65)85(71(20-14-3)23-17-58-89-7)73-40-48-79(91-9)49-41-73/h12-13,15-55,57,59-60H,1,14,56,58H2,2-11H3/b19-13-,21-15-,23-17-,57-16+,63-18+,69-22+,71-20+. The Labute approximate surface area is 551 Å². The van der Waals surface area contributed by atoms with Crippen LogP contribution in [0.3, 0.4) is 0 Å². The van der Waals surface area contributed by atoms with Crippen molar-refractivity contribution in [2.24, 2.45) is 0 Å². The zero-order valence-corrected chi connectivity index (χ0v) is 55.1. The molecule has 9 aromatic rings. The van der Waals surface area contributed by atoms with Crippen molar-refractivity contribution in [2.75, 3.05) is 75.4 Å². The maximum Gasteiger partial charge on any atom is 0.119 e. The Morgan fingerprint density at radius 3 is 1.27 bits per heavy atom. The highest BCUT2D eigenvalue weighted by Crippen LogP contribution is 2.43. The molecule has 0 N–H and O–H groups in total. The third kappa shape index (κ3) is 16.7. The first-order valence-corrected chi connectivity index (χ1v) is 31.2. The summed E-state index contributed by atoms with van der Waals surface area (Å²) in [6, 6.07) is 72.5. The molecule has 10 heteroatoms. The molecule has 0 bridgehead atoms. The van der Waals surface area contributed by atoms with Crippen molar-refractivity contribution in [3.63, 3.8) is 0 Å². The normalized spacial score (nSPS) is 12.0. The molecular formula is C83H84N4O6. The van der Waals surface area contributed by atoms with E-state index in [1.54, 1.807) is 48.9 Å². The maximum atomic E-state index is 5.62. The van der Waals surface area contributed by atoms with Crippen molar-refractivity contribution < 1.29 is 28.4 Å². The third-order valence-electron chi connectivity index (χ3n) is 15.9. The van der Waals surface area contributed by atoms with Crippen molar-refractivity contribution in [2.45, 2.75) is 34.1 Å². The van der Waals surface area contributed by atoms with E-state index in [-0.39, 0.29) is 0 Å². The summed E-state index contributed by atoms with van der Waals surface area (Å²) < 4.78 is 32.8. The van der Waals surface area contributed by atoms with Gasteiger partial charge in [0.25, 0.3) is 0 Å². The molecule has 93 heavy (non-hydrogen) atoms. The van der Waals surface area contributed by atoms with Crippen LogP contribution in [0.5, 0.6) is 23.0 Å². The van der Waals surface area contributed by atoms with E-state index in [2.05, 4.69) is 235 Å². The molecule has 0 aromatic heterocycles. The molecule has 0 unspecified atom stereocenters. The predicted molar refractivity (Wildman–Crippen MR) is 390 cm³/mol. The number of ether oxygens (including phenoxy) is 6. The first-order chi connectivity index (χ1) is 45.5. The molecule has 472 valence electrons. The van der Waals surface area contributed by atoms with E-state index in [1.807, 2.05) is 91.9 Å². The monoisotopic (exact) mass is 1230 g/mol. The molecule has 0 heterocycles. The van der Waals surface area contributed by atoms with E-state index in [4.69, 9.17) is 28.4 Å². The number of hydrogen-bond donors (Lipinski definition) is 0. The Morgan fingerprint density at radius 2 is 0.860 bits per heavy atom. The van der Waals surface area contributed by atoms with E-state index in [9.17, 15) is 0 Å². The fourth-order valence-corrected chi connectivity index (χ4v) is 11.2. The lowest BCUT2D eigenvalue weighted by atomic mass is 9.98. The summed E-state index contributed by atoms with van der Waals surface area (Å²) in [6.07, 6.45) is 25.2. The van der Waals surface area contributed by atoms with Gasteiger partial charge in [0.15, 0.2) is 0 Å². The average molecular weight is 1230 g/mol. The molecule has 0 atom stereocenters. The van der Waals surface area contributed by atoms with Gasteiger partial charge in [0.05, 0.1) is 48.4 Å². The highest BCUT2D eigenvalue weighted by atomic mass is 16.5. The van der Waals surface area contributed by atoms with Crippen LogP contribution in [0.15, 0.2) is 297 Å². The molecule has 0 aliphatic heterocycles. The van der Waals surface area contributed by atoms with Crippen molar-refractivity contribution in [3.8, 4) is 45.3 Å². The van der Waals surface area contributed by atoms with Gasteiger partial charge in [0.2, 0.25) is 0 Å². The smallest absolute Gasteiger partial charge is 0.119 e. The van der Waals surface area contributed by atoms with E-state index >= 15 is 0 Å². The van der Waals surface area contributed by atoms with Gasteiger partial charge in [-0.3, -0.25) is 0 Å². The summed E-state index contributed by atoms with van der Waals surface area (Å²) >= 11 is 0. The lowest BCUT2D eigenvalue weighted by molar-refractivity contribution is 0.234. The van der Waals surface area contributed by atoms with E-state index in [0.717, 1.165) is 137 Å². The summed E-state index contributed by atoms with van der Waals surface area (Å²) in [4.78, 5) is 9.13. The fourth-order valence-electron chi connectivity index (χ4n) is 11.2. The molecule has 0 saturated carbocycles. The van der Waals surface area contributed by atoms with Crippen LogP contribution in [0.2, 0.25) is 0 Å². The minimum absolute atomic E-state index is 0.519. The van der Waals surface area contributed by atoms with Gasteiger partial charge in [0, 0.05) is 76.2 Å². The van der Waals surface area contributed by atoms with Gasteiger partial charge in [0.1, 0.15) is 23.0 Å². The Kier molecular flexibility index (Phi) is 23.7. The average Bonchev–Trinajstić information content (AvgIpc) is 0.842. The van der Waals surface area contributed by atoms with Crippen LogP contribution in [0.4, 0.5) is 51.2 Å². The predicted octanol–water partition coefficient (Wildman–Crippen LogP) is 21.5. The Hall–Kier alpha value is -10.9. The van der Waals surface area contributed by atoms with Gasteiger partial charge in [-0.05, 0) is 254 Å². The second-order valence-electron chi connectivity index (χ2n) is 21.9. The fraction of sp³-hybridized carbons (Fsp3) is 0.157. The number of nitrogens with zero attached hydrogens (tertiary/aromatic N) is 4. The topological polar surface area (TPSA) is 68.3 Å². The molecule has 0 amide bonds. The second kappa shape index (κ2) is 33.2. The van der Waals surface area contributed by atoms with Crippen LogP contribution >= 0.6 is 0 Å². The maximum absolute atomic E-state index is 5.62. The van der Waals surface area contributed by atoms with Crippen molar-refractivity contribution >= 4 is 56.8 Å². The molecule has 0 aliphatic rings. The first-order valence-electron chi connectivity index (χ1n) is 31.2. The van der Waals surface area contributed by atoms with Gasteiger partial charge < -0.3 is 48.0 Å². The molecule has 9 rings (SSSR count). The van der Waals surface area contributed by atoms with Crippen LogP contribution < -0.4 is 38.5 Å². The summed E-state index contributed by atoms with van der Waals surface area (Å²) in [5.74, 6) is 3.19. The van der Waals surface area contributed by atoms with Crippen molar-refractivity contribution in [1.82, 2.24) is 0 Å².